The number of carbonyl (C=O) groups is 1. The molecule has 0 radical (unpaired) electrons. The molecular weight excluding hydrogens is 240 g/mol. The lowest BCUT2D eigenvalue weighted by atomic mass is 10.1. The minimum atomic E-state index is -0.345. The average molecular weight is 255 g/mol. The minimum Gasteiger partial charge on any atom is -0.410 e. The Hall–Kier alpha value is -1.26. The zero-order chi connectivity index (χ0) is 12.3. The molecule has 1 saturated heterocycles. The number of hydrogen-bond acceptors (Lipinski definition) is 3. The van der Waals surface area contributed by atoms with Crippen LogP contribution in [0.4, 0.5) is 4.79 Å². The fourth-order valence-corrected chi connectivity index (χ4v) is 1.97. The topological polar surface area (TPSA) is 55.6 Å². The maximum Gasteiger partial charge on any atom is 0.415 e. The maximum atomic E-state index is 11.8. The van der Waals surface area contributed by atoms with Gasteiger partial charge in [-0.05, 0) is 37.1 Å². The zero-order valence-corrected chi connectivity index (χ0v) is 10.2. The molecule has 17 heavy (non-hydrogen) atoms. The van der Waals surface area contributed by atoms with Gasteiger partial charge in [-0.25, -0.2) is 4.79 Å². The second-order valence-corrected chi connectivity index (χ2v) is 4.61. The number of likely N-dealkylation sites (tertiary alicyclic amines) is 1. The Morgan fingerprint density at radius 2 is 2.12 bits per heavy atom. The first kappa shape index (κ1) is 12.2. The summed E-state index contributed by atoms with van der Waals surface area (Å²) < 4.78 is 5.23. The van der Waals surface area contributed by atoms with Crippen LogP contribution >= 0.6 is 11.6 Å². The molecule has 0 spiro atoms. The Morgan fingerprint density at radius 1 is 1.41 bits per heavy atom. The highest BCUT2D eigenvalue weighted by Gasteiger charge is 2.22. The molecule has 1 atom stereocenters. The number of nitrogens with zero attached hydrogens (tertiary/aromatic N) is 1. The van der Waals surface area contributed by atoms with Crippen LogP contribution in [-0.4, -0.2) is 30.1 Å². The summed E-state index contributed by atoms with van der Waals surface area (Å²) in [5.74, 6) is 0.499. The normalized spacial score (nSPS) is 20.1. The molecule has 1 aliphatic heterocycles. The summed E-state index contributed by atoms with van der Waals surface area (Å²) >= 11 is 5.75. The highest BCUT2D eigenvalue weighted by molar-refractivity contribution is 6.30. The van der Waals surface area contributed by atoms with Crippen molar-refractivity contribution in [3.8, 4) is 5.75 Å². The van der Waals surface area contributed by atoms with Gasteiger partial charge in [0.25, 0.3) is 0 Å². The molecular formula is C12H15ClN2O2. The van der Waals surface area contributed by atoms with Crippen molar-refractivity contribution in [2.24, 2.45) is 5.73 Å². The van der Waals surface area contributed by atoms with E-state index in [2.05, 4.69) is 0 Å². The monoisotopic (exact) mass is 254 g/mol. The molecule has 92 valence electrons. The number of piperidine rings is 1. The molecule has 2 N–H and O–H groups in total. The molecule has 5 heteroatoms. The van der Waals surface area contributed by atoms with Gasteiger partial charge in [-0.1, -0.05) is 11.6 Å². The van der Waals surface area contributed by atoms with Gasteiger partial charge in [0, 0.05) is 24.2 Å². The zero-order valence-electron chi connectivity index (χ0n) is 9.43. The smallest absolute Gasteiger partial charge is 0.410 e. The molecule has 1 fully saturated rings. The highest BCUT2D eigenvalue weighted by Crippen LogP contribution is 2.17. The molecule has 1 aromatic carbocycles. The van der Waals surface area contributed by atoms with Crippen LogP contribution < -0.4 is 10.5 Å². The molecule has 4 nitrogen and oxygen atoms in total. The molecule has 0 aromatic heterocycles. The molecule has 1 aromatic rings. The third-order valence-corrected chi connectivity index (χ3v) is 2.99. The fourth-order valence-electron chi connectivity index (χ4n) is 1.84. The molecule has 1 unspecified atom stereocenters. The van der Waals surface area contributed by atoms with E-state index in [0.29, 0.717) is 23.9 Å². The summed E-state index contributed by atoms with van der Waals surface area (Å²) in [7, 11) is 0. The van der Waals surface area contributed by atoms with Crippen LogP contribution in [0.3, 0.4) is 0 Å². The van der Waals surface area contributed by atoms with E-state index in [1.165, 1.54) is 0 Å². The minimum absolute atomic E-state index is 0.0570. The van der Waals surface area contributed by atoms with Crippen LogP contribution in [0, 0.1) is 0 Å². The number of amides is 1. The van der Waals surface area contributed by atoms with Gasteiger partial charge in [0.15, 0.2) is 0 Å². The molecule has 0 aliphatic carbocycles. The van der Waals surface area contributed by atoms with Gasteiger partial charge in [0.1, 0.15) is 5.75 Å². The van der Waals surface area contributed by atoms with Crippen LogP contribution in [-0.2, 0) is 0 Å². The molecule has 1 amide bonds. The Balaban J connectivity index is 1.94. The molecule has 0 saturated carbocycles. The van der Waals surface area contributed by atoms with Gasteiger partial charge < -0.3 is 15.4 Å². The van der Waals surface area contributed by atoms with E-state index in [-0.39, 0.29) is 12.1 Å². The maximum absolute atomic E-state index is 11.8. The standard InChI is InChI=1S/C12H15ClN2O2/c13-9-3-5-11(6-4-9)17-12(16)15-7-1-2-10(14)8-15/h3-6,10H,1-2,7-8,14H2. The van der Waals surface area contributed by atoms with Crippen LogP contribution in [0.5, 0.6) is 5.75 Å². The van der Waals surface area contributed by atoms with Crippen LogP contribution in [0.25, 0.3) is 0 Å². The summed E-state index contributed by atoms with van der Waals surface area (Å²) in [4.78, 5) is 13.5. The van der Waals surface area contributed by atoms with Gasteiger partial charge in [-0.3, -0.25) is 0 Å². The van der Waals surface area contributed by atoms with Crippen LogP contribution in [0.15, 0.2) is 24.3 Å². The van der Waals surface area contributed by atoms with E-state index >= 15 is 0 Å². The van der Waals surface area contributed by atoms with Gasteiger partial charge in [0.05, 0.1) is 0 Å². The second kappa shape index (κ2) is 5.38. The first-order valence-electron chi connectivity index (χ1n) is 5.63. The van der Waals surface area contributed by atoms with Crippen molar-refractivity contribution in [2.75, 3.05) is 13.1 Å². The van der Waals surface area contributed by atoms with Gasteiger partial charge >= 0.3 is 6.09 Å². The Labute approximate surface area is 105 Å². The predicted molar refractivity (Wildman–Crippen MR) is 66.3 cm³/mol. The predicted octanol–water partition coefficient (Wildman–Crippen LogP) is 2.26. The van der Waals surface area contributed by atoms with E-state index in [1.54, 1.807) is 29.2 Å². The Bertz CT molecular complexity index is 394. The first-order chi connectivity index (χ1) is 8.15. The second-order valence-electron chi connectivity index (χ2n) is 4.17. The van der Waals surface area contributed by atoms with Crippen molar-refractivity contribution in [2.45, 2.75) is 18.9 Å². The van der Waals surface area contributed by atoms with E-state index in [9.17, 15) is 4.79 Å². The van der Waals surface area contributed by atoms with Crippen molar-refractivity contribution in [1.29, 1.82) is 0 Å². The number of benzene rings is 1. The molecule has 1 heterocycles. The number of rotatable bonds is 1. The lowest BCUT2D eigenvalue weighted by Crippen LogP contribution is -2.46. The number of carbonyl (C=O) groups excluding carboxylic acids is 1. The van der Waals surface area contributed by atoms with Crippen molar-refractivity contribution in [3.63, 3.8) is 0 Å². The number of halogens is 1. The summed E-state index contributed by atoms with van der Waals surface area (Å²) in [5, 5.41) is 0.616. The van der Waals surface area contributed by atoms with Crippen molar-refractivity contribution < 1.29 is 9.53 Å². The SMILES string of the molecule is NC1CCCN(C(=O)Oc2ccc(Cl)cc2)C1. The van der Waals surface area contributed by atoms with E-state index in [4.69, 9.17) is 22.1 Å². The Morgan fingerprint density at radius 3 is 2.76 bits per heavy atom. The average Bonchev–Trinajstić information content (AvgIpc) is 2.32. The lowest BCUT2D eigenvalue weighted by Gasteiger charge is -2.29. The summed E-state index contributed by atoms with van der Waals surface area (Å²) in [6.07, 6.45) is 1.55. The third kappa shape index (κ3) is 3.35. The van der Waals surface area contributed by atoms with E-state index in [0.717, 1.165) is 12.8 Å². The van der Waals surface area contributed by atoms with E-state index < -0.39 is 0 Å². The molecule has 1 aliphatic rings. The largest absolute Gasteiger partial charge is 0.415 e. The van der Waals surface area contributed by atoms with E-state index in [1.807, 2.05) is 0 Å². The van der Waals surface area contributed by atoms with Crippen molar-refractivity contribution in [3.05, 3.63) is 29.3 Å². The van der Waals surface area contributed by atoms with Crippen LogP contribution in [0.2, 0.25) is 5.02 Å². The quantitative estimate of drug-likeness (QED) is 0.836. The van der Waals surface area contributed by atoms with Crippen LogP contribution in [0.1, 0.15) is 12.8 Å². The van der Waals surface area contributed by atoms with Gasteiger partial charge in [-0.15, -0.1) is 0 Å². The first-order valence-corrected chi connectivity index (χ1v) is 6.01. The highest BCUT2D eigenvalue weighted by atomic mass is 35.5. The molecule has 0 bridgehead atoms. The van der Waals surface area contributed by atoms with Gasteiger partial charge in [0.2, 0.25) is 0 Å². The van der Waals surface area contributed by atoms with Crippen molar-refractivity contribution >= 4 is 17.7 Å². The fraction of sp³-hybridized carbons (Fsp3) is 0.417. The summed E-state index contributed by atoms with van der Waals surface area (Å²) in [6.45, 7) is 1.27. The lowest BCUT2D eigenvalue weighted by molar-refractivity contribution is 0.137. The Kier molecular flexibility index (Phi) is 3.86. The number of hydrogen-bond donors (Lipinski definition) is 1. The van der Waals surface area contributed by atoms with Gasteiger partial charge in [-0.2, -0.15) is 0 Å². The number of ether oxygens (including phenoxy) is 1. The summed E-state index contributed by atoms with van der Waals surface area (Å²) in [6, 6.07) is 6.77. The van der Waals surface area contributed by atoms with Crippen molar-refractivity contribution in [1.82, 2.24) is 4.90 Å². The third-order valence-electron chi connectivity index (χ3n) is 2.73. The molecule has 2 rings (SSSR count). The summed E-state index contributed by atoms with van der Waals surface area (Å²) in [5.41, 5.74) is 5.81. The number of nitrogens with two attached hydrogens (primary N) is 1.